The number of nitrogens with zero attached hydrogens (tertiary/aromatic N) is 1. The minimum Gasteiger partial charge on any atom is -0.354 e. The largest absolute Gasteiger partial charge is 0.354 e. The number of nitrogens with one attached hydrogen (secondary N) is 1. The van der Waals surface area contributed by atoms with E-state index in [0.717, 1.165) is 12.8 Å². The van der Waals surface area contributed by atoms with Crippen molar-refractivity contribution in [1.82, 2.24) is 10.2 Å². The van der Waals surface area contributed by atoms with E-state index in [4.69, 9.17) is 0 Å². The van der Waals surface area contributed by atoms with Crippen LogP contribution in [-0.4, -0.2) is 36.3 Å². The van der Waals surface area contributed by atoms with Gasteiger partial charge in [-0.2, -0.15) is 0 Å². The fourth-order valence-electron chi connectivity index (χ4n) is 2.00. The van der Waals surface area contributed by atoms with Crippen LogP contribution in [0.3, 0.4) is 0 Å². The van der Waals surface area contributed by atoms with Gasteiger partial charge < -0.3 is 10.2 Å². The van der Waals surface area contributed by atoms with Crippen molar-refractivity contribution in [3.63, 3.8) is 0 Å². The zero-order chi connectivity index (χ0) is 15.7. The Morgan fingerprint density at radius 3 is 2.67 bits per heavy atom. The van der Waals surface area contributed by atoms with Gasteiger partial charge in [0, 0.05) is 26.6 Å². The zero-order valence-electron chi connectivity index (χ0n) is 12.7. The number of rotatable bonds is 8. The predicted molar refractivity (Wildman–Crippen MR) is 80.3 cm³/mol. The number of carbonyl (C=O) groups excluding carboxylic acids is 2. The third-order valence-electron chi connectivity index (χ3n) is 3.18. The summed E-state index contributed by atoms with van der Waals surface area (Å²) in [6.07, 6.45) is 2.12. The Bertz CT molecular complexity index is 477. The van der Waals surface area contributed by atoms with Crippen LogP contribution in [-0.2, 0) is 16.0 Å². The van der Waals surface area contributed by atoms with Crippen LogP contribution < -0.4 is 5.32 Å². The van der Waals surface area contributed by atoms with Crippen molar-refractivity contribution in [3.05, 3.63) is 35.6 Å². The predicted octanol–water partition coefficient (Wildman–Crippen LogP) is 2.13. The number of halogens is 1. The van der Waals surface area contributed by atoms with Crippen LogP contribution in [0.25, 0.3) is 0 Å². The molecule has 1 aromatic carbocycles. The van der Waals surface area contributed by atoms with Gasteiger partial charge in [0.15, 0.2) is 0 Å². The summed E-state index contributed by atoms with van der Waals surface area (Å²) in [6, 6.07) is 5.99. The molecule has 0 atom stereocenters. The average Bonchev–Trinajstić information content (AvgIpc) is 2.42. The summed E-state index contributed by atoms with van der Waals surface area (Å²) in [5.74, 6) is -0.495. The molecule has 0 aliphatic rings. The lowest BCUT2D eigenvalue weighted by Crippen LogP contribution is -2.38. The molecule has 116 valence electrons. The Morgan fingerprint density at radius 1 is 1.29 bits per heavy atom. The quantitative estimate of drug-likeness (QED) is 0.798. The maximum absolute atomic E-state index is 13.0. The van der Waals surface area contributed by atoms with E-state index in [1.54, 1.807) is 17.0 Å². The van der Waals surface area contributed by atoms with Crippen molar-refractivity contribution in [2.45, 2.75) is 33.1 Å². The fraction of sp³-hybridized carbons (Fsp3) is 0.500. The van der Waals surface area contributed by atoms with Crippen molar-refractivity contribution in [3.8, 4) is 0 Å². The summed E-state index contributed by atoms with van der Waals surface area (Å²) < 4.78 is 13.0. The zero-order valence-corrected chi connectivity index (χ0v) is 12.7. The lowest BCUT2D eigenvalue weighted by Gasteiger charge is -2.20. The molecule has 0 aliphatic carbocycles. The van der Waals surface area contributed by atoms with E-state index in [9.17, 15) is 14.0 Å². The van der Waals surface area contributed by atoms with Crippen molar-refractivity contribution in [2.75, 3.05) is 19.6 Å². The molecular formula is C16H23FN2O2. The Balaban J connectivity index is 2.33. The lowest BCUT2D eigenvalue weighted by molar-refractivity contribution is -0.129. The maximum atomic E-state index is 13.0. The molecule has 0 radical (unpaired) electrons. The highest BCUT2D eigenvalue weighted by atomic mass is 19.1. The SMILES string of the molecule is CCCCN(CCNC(=O)Cc1cccc(F)c1)C(C)=O. The number of hydrogen-bond donors (Lipinski definition) is 1. The smallest absolute Gasteiger partial charge is 0.224 e. The van der Waals surface area contributed by atoms with Gasteiger partial charge in [-0.05, 0) is 24.1 Å². The fourth-order valence-corrected chi connectivity index (χ4v) is 2.00. The number of carbonyl (C=O) groups is 2. The summed E-state index contributed by atoms with van der Waals surface area (Å²) in [4.78, 5) is 24.9. The monoisotopic (exact) mass is 294 g/mol. The molecule has 0 saturated carbocycles. The van der Waals surface area contributed by atoms with Gasteiger partial charge in [-0.3, -0.25) is 9.59 Å². The van der Waals surface area contributed by atoms with Gasteiger partial charge in [0.25, 0.3) is 0 Å². The van der Waals surface area contributed by atoms with Gasteiger partial charge in [0.1, 0.15) is 5.82 Å². The van der Waals surface area contributed by atoms with Crippen molar-refractivity contribution in [1.29, 1.82) is 0 Å². The van der Waals surface area contributed by atoms with Crippen LogP contribution in [0.5, 0.6) is 0 Å². The summed E-state index contributed by atoms with van der Waals surface area (Å²) in [5, 5.41) is 2.76. The molecule has 1 rings (SSSR count). The van der Waals surface area contributed by atoms with Crippen LogP contribution in [0.1, 0.15) is 32.3 Å². The molecular weight excluding hydrogens is 271 g/mol. The highest BCUT2D eigenvalue weighted by Crippen LogP contribution is 2.04. The van der Waals surface area contributed by atoms with Gasteiger partial charge in [-0.1, -0.05) is 25.5 Å². The molecule has 2 amide bonds. The molecule has 0 fully saturated rings. The number of unbranched alkanes of at least 4 members (excludes halogenated alkanes) is 1. The molecule has 21 heavy (non-hydrogen) atoms. The third kappa shape index (κ3) is 6.88. The molecule has 0 saturated heterocycles. The second-order valence-electron chi connectivity index (χ2n) is 5.02. The lowest BCUT2D eigenvalue weighted by atomic mass is 10.1. The van der Waals surface area contributed by atoms with E-state index in [1.807, 2.05) is 0 Å². The van der Waals surface area contributed by atoms with E-state index in [2.05, 4.69) is 12.2 Å². The Morgan fingerprint density at radius 2 is 2.05 bits per heavy atom. The van der Waals surface area contributed by atoms with Crippen LogP contribution >= 0.6 is 0 Å². The molecule has 0 unspecified atom stereocenters. The Hall–Kier alpha value is -1.91. The topological polar surface area (TPSA) is 49.4 Å². The van der Waals surface area contributed by atoms with Gasteiger partial charge >= 0.3 is 0 Å². The number of benzene rings is 1. The second kappa shape index (κ2) is 9.10. The van der Waals surface area contributed by atoms with E-state index in [1.165, 1.54) is 19.1 Å². The molecule has 0 spiro atoms. The average molecular weight is 294 g/mol. The molecule has 5 heteroatoms. The van der Waals surface area contributed by atoms with Crippen molar-refractivity contribution >= 4 is 11.8 Å². The number of amides is 2. The van der Waals surface area contributed by atoms with Gasteiger partial charge in [0.2, 0.25) is 11.8 Å². The van der Waals surface area contributed by atoms with Crippen LogP contribution in [0.15, 0.2) is 24.3 Å². The van der Waals surface area contributed by atoms with Crippen LogP contribution in [0.4, 0.5) is 4.39 Å². The molecule has 1 aromatic rings. The van der Waals surface area contributed by atoms with E-state index < -0.39 is 0 Å². The Labute approximate surface area is 125 Å². The number of hydrogen-bond acceptors (Lipinski definition) is 2. The maximum Gasteiger partial charge on any atom is 0.224 e. The van der Waals surface area contributed by atoms with E-state index in [0.29, 0.717) is 25.2 Å². The van der Waals surface area contributed by atoms with Gasteiger partial charge in [-0.25, -0.2) is 4.39 Å². The normalized spacial score (nSPS) is 10.2. The summed E-state index contributed by atoms with van der Waals surface area (Å²) in [7, 11) is 0. The molecule has 0 aliphatic heterocycles. The van der Waals surface area contributed by atoms with Gasteiger partial charge in [0.05, 0.1) is 6.42 Å². The first-order valence-electron chi connectivity index (χ1n) is 7.29. The van der Waals surface area contributed by atoms with Crippen LogP contribution in [0, 0.1) is 5.82 Å². The highest BCUT2D eigenvalue weighted by Gasteiger charge is 2.09. The Kier molecular flexibility index (Phi) is 7.43. The first-order chi connectivity index (χ1) is 10.0. The van der Waals surface area contributed by atoms with Crippen LogP contribution in [0.2, 0.25) is 0 Å². The summed E-state index contributed by atoms with van der Waals surface area (Å²) >= 11 is 0. The van der Waals surface area contributed by atoms with Crippen molar-refractivity contribution in [2.24, 2.45) is 0 Å². The standard InChI is InChI=1S/C16H23FN2O2/c1-3-4-9-19(13(2)20)10-8-18-16(21)12-14-6-5-7-15(17)11-14/h5-7,11H,3-4,8-10,12H2,1-2H3,(H,18,21). The molecule has 1 N–H and O–H groups in total. The molecule has 0 aromatic heterocycles. The highest BCUT2D eigenvalue weighted by molar-refractivity contribution is 5.78. The third-order valence-corrected chi connectivity index (χ3v) is 3.18. The van der Waals surface area contributed by atoms with Gasteiger partial charge in [-0.15, -0.1) is 0 Å². The molecule has 4 nitrogen and oxygen atoms in total. The minimum atomic E-state index is -0.345. The molecule has 0 bridgehead atoms. The van der Waals surface area contributed by atoms with Crippen molar-refractivity contribution < 1.29 is 14.0 Å². The minimum absolute atomic E-state index is 0.0165. The molecule has 0 heterocycles. The van der Waals surface area contributed by atoms with E-state index >= 15 is 0 Å². The first-order valence-corrected chi connectivity index (χ1v) is 7.29. The first kappa shape index (κ1) is 17.1. The summed E-state index contributed by atoms with van der Waals surface area (Å²) in [6.45, 7) is 5.23. The van der Waals surface area contributed by atoms with E-state index in [-0.39, 0.29) is 24.1 Å². The second-order valence-corrected chi connectivity index (χ2v) is 5.02. The summed E-state index contributed by atoms with van der Waals surface area (Å²) in [5.41, 5.74) is 0.641.